The average molecular weight is 1510 g/mol. The van der Waals surface area contributed by atoms with Gasteiger partial charge in [0.25, 0.3) is 0 Å². The number of para-hydroxylation sites is 3. The lowest BCUT2D eigenvalue weighted by Crippen LogP contribution is -2.44. The van der Waals surface area contributed by atoms with E-state index in [9.17, 15) is 5.48 Å². The highest BCUT2D eigenvalue weighted by molar-refractivity contribution is 6.11. The van der Waals surface area contributed by atoms with E-state index in [-0.39, 0.29) is 22.9 Å². The minimum Gasteiger partial charge on any atom is -0.454 e. The van der Waals surface area contributed by atoms with Gasteiger partial charge in [-0.3, -0.25) is 0 Å². The summed E-state index contributed by atoms with van der Waals surface area (Å²) in [6, 6.07) is 59.8. The summed E-state index contributed by atoms with van der Waals surface area (Å²) in [4.78, 5) is 15.8. The largest absolute Gasteiger partial charge is 0.454 e. The van der Waals surface area contributed by atoms with Crippen molar-refractivity contribution < 1.29 is 35.0 Å². The van der Waals surface area contributed by atoms with Crippen LogP contribution in [-0.4, -0.2) is 54.1 Å². The highest BCUT2D eigenvalue weighted by Crippen LogP contribution is 2.60. The van der Waals surface area contributed by atoms with Crippen LogP contribution in [0.15, 0.2) is 208 Å². The van der Waals surface area contributed by atoms with Crippen molar-refractivity contribution in [2.45, 2.75) is 243 Å². The summed E-state index contributed by atoms with van der Waals surface area (Å²) < 4.78 is 107. The van der Waals surface area contributed by atoms with Crippen molar-refractivity contribution in [3.63, 3.8) is 0 Å². The van der Waals surface area contributed by atoms with Crippen LogP contribution in [0.2, 0.25) is 0 Å². The second-order valence-electron chi connectivity index (χ2n) is 34.5. The zero-order valence-corrected chi connectivity index (χ0v) is 69.5. The van der Waals surface area contributed by atoms with Crippen LogP contribution in [0.4, 0.5) is 17.1 Å². The number of hydrogen-bond donors (Lipinski definition) is 0. The summed E-state index contributed by atoms with van der Waals surface area (Å²) in [5.41, 5.74) is 15.1. The SMILES string of the molecule is Cc1ccccc1-n1ccc(-c2ccccc2)[n+]1C.Cc1ccccc1-n1ccc[n+]1C.[2H]C([2H])([2H])C1(C)C(C)N(c2c(C)ccc3c2oc2nc(C)ccc23)C(C)(C)C1([2H])[2H].[2H]C1([2H])C2(CCCCC2)C(C)N(c2c(C)ccc3c2oc2ccccc23)C1(C)C.[2H]C1([2H])C2(CCCCC2)C(C)N(c2c(C)ccc3c2oc2nc(C)ccc23)C1(C)C. The summed E-state index contributed by atoms with van der Waals surface area (Å²) in [5, 5.41) is 6.12. The molecular weight excluding hydrogens is 1380 g/mol. The first-order chi connectivity index (χ1) is 57.1. The Morgan fingerprint density at radius 3 is 1.29 bits per heavy atom. The predicted octanol–water partition coefficient (Wildman–Crippen LogP) is 25.0. The van der Waals surface area contributed by atoms with Gasteiger partial charge in [-0.2, -0.15) is 0 Å². The maximum Gasteiger partial charge on any atom is 0.238 e. The first kappa shape index (κ1) is 66.6. The number of aryl methyl sites for hydroxylation is 8. The molecule has 14 aromatic rings. The Hall–Kier alpha value is -9.94. The lowest BCUT2D eigenvalue weighted by molar-refractivity contribution is -0.744. The number of nitrogens with zero attached hydrogens (tertiary/aromatic N) is 9. The van der Waals surface area contributed by atoms with Crippen LogP contribution in [0.1, 0.15) is 211 Å². The van der Waals surface area contributed by atoms with Crippen molar-refractivity contribution in [3.05, 3.63) is 234 Å². The van der Waals surface area contributed by atoms with Gasteiger partial charge in [-0.25, -0.2) is 9.97 Å². The number of pyridine rings is 2. The van der Waals surface area contributed by atoms with Crippen LogP contribution in [0.25, 0.3) is 88.7 Å². The minimum atomic E-state index is -2.48. The fourth-order valence-corrected chi connectivity index (χ4v) is 19.9. The fourth-order valence-electron chi connectivity index (χ4n) is 19.9. The Morgan fingerprint density at radius 1 is 0.402 bits per heavy atom. The van der Waals surface area contributed by atoms with E-state index in [1.807, 2.05) is 100 Å². The standard InChI is InChI=1S/C25H32N2O.C25H31NO.C22H28N2O.C17H17N2.C11H13N2/c1-16-9-11-19-20-12-10-17(2)26-23(20)28-22(19)21(16)27-18(3)25(15-24(27,4)5)13-7-6-8-14-25;1-17-12-13-20-19-10-6-7-11-21(19)27-23(20)22(17)26-18(2)25(16-24(26,3)4)14-8-5-9-15-25;1-13-8-10-16-17-11-9-14(2)23-20(17)25-19(16)18(13)24-15(3)21(4,5)12-22(24,6)7;1-14-8-6-7-11-16(14)19-13-12-17(18(19)2)15-9-4-3-5-10-15;1-10-6-3-4-7-11(10)13-9-5-8-12(13)2/h9-12,18H,6-8,13-15H2,1-5H3;6-7,10-13,18H,5,8-9,14-16H2,1-4H3;8-11,15H,12H2,1-7H3;3-13H,1-2H3;3-9H,1-2H3/q;;;2*+1/i15D2;16D2;4D3,12D2;;. The van der Waals surface area contributed by atoms with Crippen LogP contribution in [-0.2, 0) is 14.1 Å². The Bertz CT molecular complexity index is 6210. The van der Waals surface area contributed by atoms with Gasteiger partial charge in [-0.1, -0.05) is 161 Å². The molecule has 19 rings (SSSR count). The lowest BCUT2D eigenvalue weighted by Gasteiger charge is -2.41. The zero-order valence-electron chi connectivity index (χ0n) is 78.5. The van der Waals surface area contributed by atoms with Crippen LogP contribution in [0.5, 0.6) is 0 Å². The molecule has 12 heteroatoms. The normalized spacial score (nSPS) is 23.3. The van der Waals surface area contributed by atoms with Crippen LogP contribution in [0, 0.1) is 64.7 Å². The molecule has 7 aromatic heterocycles. The maximum absolute atomic E-state index is 9.34. The summed E-state index contributed by atoms with van der Waals surface area (Å²) in [5.74, 6) is 0. The van der Waals surface area contributed by atoms with Gasteiger partial charge in [-0.05, 0) is 254 Å². The van der Waals surface area contributed by atoms with E-state index in [4.69, 9.17) is 20.1 Å². The number of rotatable bonds is 6. The first-order valence-electron chi connectivity index (χ1n) is 45.2. The van der Waals surface area contributed by atoms with Gasteiger partial charge in [0.2, 0.25) is 17.1 Å². The van der Waals surface area contributed by atoms with Gasteiger partial charge in [0.05, 0.1) is 29.5 Å². The molecule has 4 atom stereocenters. The van der Waals surface area contributed by atoms with Crippen molar-refractivity contribution in [2.75, 3.05) is 14.7 Å². The van der Waals surface area contributed by atoms with Crippen molar-refractivity contribution >= 4 is 83.1 Å². The quantitative estimate of drug-likeness (QED) is 0.152. The van der Waals surface area contributed by atoms with E-state index < -0.39 is 54.0 Å². The Kier molecular flexibility index (Phi) is 17.8. The number of benzene rings is 7. The van der Waals surface area contributed by atoms with Crippen molar-refractivity contribution in [1.82, 2.24) is 19.3 Å². The molecule has 3 aliphatic heterocycles. The second-order valence-corrected chi connectivity index (χ2v) is 34.5. The third kappa shape index (κ3) is 14.0. The summed E-state index contributed by atoms with van der Waals surface area (Å²) in [6.07, 6.45) is 12.4. The van der Waals surface area contributed by atoms with E-state index in [1.54, 1.807) is 20.8 Å². The Labute approximate surface area is 678 Å². The van der Waals surface area contributed by atoms with Crippen molar-refractivity contribution in [2.24, 2.45) is 30.3 Å². The van der Waals surface area contributed by atoms with Gasteiger partial charge in [0, 0.05) is 108 Å². The van der Waals surface area contributed by atoms with Gasteiger partial charge in [0.15, 0.2) is 37.0 Å². The molecule has 2 saturated carbocycles. The summed E-state index contributed by atoms with van der Waals surface area (Å²) >= 11 is 0. The van der Waals surface area contributed by atoms with E-state index in [0.29, 0.717) is 17.0 Å². The topological polar surface area (TPSA) is 92.5 Å². The molecule has 10 heterocycles. The molecule has 4 unspecified atom stereocenters. The van der Waals surface area contributed by atoms with Crippen LogP contribution < -0.4 is 24.1 Å². The molecule has 0 N–H and O–H groups in total. The number of aromatic nitrogens is 6. The molecule has 5 aliphatic rings. The molecule has 2 aliphatic carbocycles. The highest BCUT2D eigenvalue weighted by Gasteiger charge is 2.56. The van der Waals surface area contributed by atoms with E-state index >= 15 is 0 Å². The van der Waals surface area contributed by atoms with Gasteiger partial charge in [-0.15, -0.1) is 18.7 Å². The molecule has 0 bridgehead atoms. The van der Waals surface area contributed by atoms with E-state index in [2.05, 4.69) is 249 Å². The third-order valence-corrected chi connectivity index (χ3v) is 25.4. The number of anilines is 3. The monoisotopic (exact) mass is 1510 g/mol. The van der Waals surface area contributed by atoms with Gasteiger partial charge < -0.3 is 28.0 Å². The second kappa shape index (κ2) is 29.9. The molecular formula is C100H121N9O3+2. The van der Waals surface area contributed by atoms with E-state index in [0.717, 1.165) is 146 Å². The third-order valence-electron chi connectivity index (χ3n) is 25.4. The van der Waals surface area contributed by atoms with E-state index in [1.165, 1.54) is 46.6 Å². The predicted molar refractivity (Wildman–Crippen MR) is 466 cm³/mol. The zero-order chi connectivity index (χ0) is 87.0. The van der Waals surface area contributed by atoms with Gasteiger partial charge in [0.1, 0.15) is 17.0 Å². The van der Waals surface area contributed by atoms with Crippen molar-refractivity contribution in [1.29, 1.82) is 0 Å². The number of furan rings is 3. The molecule has 112 heavy (non-hydrogen) atoms. The molecule has 0 amide bonds. The first-order valence-corrected chi connectivity index (χ1v) is 40.7. The van der Waals surface area contributed by atoms with Crippen molar-refractivity contribution in [3.8, 4) is 22.6 Å². The maximum atomic E-state index is 9.34. The molecule has 0 radical (unpaired) electrons. The molecule has 7 aromatic carbocycles. The molecule has 5 fully saturated rings. The Morgan fingerprint density at radius 2 is 0.821 bits per heavy atom. The highest BCUT2D eigenvalue weighted by atomic mass is 16.3. The minimum absolute atomic E-state index is 0.0926. The smallest absolute Gasteiger partial charge is 0.238 e. The van der Waals surface area contributed by atoms with Gasteiger partial charge >= 0.3 is 0 Å². The average Bonchev–Trinajstić information content (AvgIpc) is 1.53. The molecule has 3 saturated heterocycles. The molecule has 2 spiro atoms. The summed E-state index contributed by atoms with van der Waals surface area (Å²) in [7, 11) is 4.13. The fraction of sp³-hybridized carbons (Fsp3) is 0.420. The lowest BCUT2D eigenvalue weighted by atomic mass is 9.68. The number of hydrogen-bond acceptors (Lipinski definition) is 8. The number of fused-ring (bicyclic) bond motifs is 9. The Balaban J connectivity index is 0.000000121. The summed E-state index contributed by atoms with van der Waals surface area (Å²) in [6.45, 7) is 31.6. The van der Waals surface area contributed by atoms with Crippen LogP contribution >= 0.6 is 0 Å². The molecule has 582 valence electrons. The van der Waals surface area contributed by atoms with Crippen LogP contribution in [0.3, 0.4) is 0 Å². The molecule has 12 nitrogen and oxygen atoms in total.